The van der Waals surface area contributed by atoms with Crippen molar-refractivity contribution in [2.24, 2.45) is 0 Å². The second kappa shape index (κ2) is 11.5. The number of sulfonamides is 1. The molecule has 7 nitrogen and oxygen atoms in total. The van der Waals surface area contributed by atoms with Gasteiger partial charge in [-0.1, -0.05) is 52.0 Å². The lowest BCUT2D eigenvalue weighted by atomic mass is 9.73. The van der Waals surface area contributed by atoms with Crippen LogP contribution in [0.3, 0.4) is 0 Å². The maximum atomic E-state index is 11.8. The van der Waals surface area contributed by atoms with Crippen LogP contribution in [0.1, 0.15) is 71.4 Å². The van der Waals surface area contributed by atoms with E-state index < -0.39 is 10.0 Å². The molecule has 2 aliphatic rings. The minimum Gasteiger partial charge on any atom is -0.489 e. The molecule has 2 fully saturated rings. The van der Waals surface area contributed by atoms with Crippen LogP contribution in [0.5, 0.6) is 11.5 Å². The molecule has 1 amide bonds. The summed E-state index contributed by atoms with van der Waals surface area (Å²) in [7, 11) is -3.17. The number of likely N-dealkylation sites (tertiary alicyclic amines) is 1. The molecule has 0 aromatic heterocycles. The molecule has 2 atom stereocenters. The standard InChI is InChI=1S/C31H44N2O5S/c1-23(34)32-19-15-28(21-32)37-26-11-7-24(8-12-26)30(2,3)17-18-31(4,5)25-9-13-27(14-10-25)38-29-16-20-33(22-29)39(6,35)36/h7-14,28-29H,15-22H2,1-6H3. The van der Waals surface area contributed by atoms with Crippen molar-refractivity contribution >= 4 is 15.9 Å². The number of carbonyl (C=O) groups is 1. The molecule has 2 unspecified atom stereocenters. The number of nitrogens with zero attached hydrogens (tertiary/aromatic N) is 2. The summed E-state index contributed by atoms with van der Waals surface area (Å²) in [6, 6.07) is 16.7. The predicted octanol–water partition coefficient (Wildman–Crippen LogP) is 5.13. The molecule has 0 aliphatic carbocycles. The van der Waals surface area contributed by atoms with Gasteiger partial charge >= 0.3 is 0 Å². The van der Waals surface area contributed by atoms with Crippen molar-refractivity contribution in [2.45, 2.75) is 83.3 Å². The second-order valence-corrected chi connectivity index (χ2v) is 14.4. The Morgan fingerprint density at radius 3 is 1.62 bits per heavy atom. The van der Waals surface area contributed by atoms with Gasteiger partial charge in [-0.3, -0.25) is 4.79 Å². The van der Waals surface area contributed by atoms with Gasteiger partial charge in [0.2, 0.25) is 15.9 Å². The smallest absolute Gasteiger partial charge is 0.219 e. The van der Waals surface area contributed by atoms with Crippen LogP contribution in [-0.2, 0) is 25.6 Å². The first-order valence-electron chi connectivity index (χ1n) is 14.0. The van der Waals surface area contributed by atoms with Gasteiger partial charge in [-0.05, 0) is 65.5 Å². The molecule has 2 aromatic carbocycles. The summed E-state index contributed by atoms with van der Waals surface area (Å²) in [6.45, 7) is 13.1. The lowest BCUT2D eigenvalue weighted by molar-refractivity contribution is -0.128. The van der Waals surface area contributed by atoms with Crippen LogP contribution in [-0.4, -0.2) is 68.2 Å². The molecule has 2 aromatic rings. The number of amides is 1. The molecule has 8 heteroatoms. The van der Waals surface area contributed by atoms with E-state index in [0.29, 0.717) is 26.1 Å². The van der Waals surface area contributed by atoms with Crippen LogP contribution >= 0.6 is 0 Å². The van der Waals surface area contributed by atoms with E-state index in [0.717, 1.165) is 37.3 Å². The van der Waals surface area contributed by atoms with Crippen LogP contribution in [0.15, 0.2) is 48.5 Å². The van der Waals surface area contributed by atoms with Gasteiger partial charge in [0.05, 0.1) is 19.3 Å². The molecule has 0 N–H and O–H groups in total. The first-order chi connectivity index (χ1) is 18.2. The SMILES string of the molecule is CC(=O)N1CCC(Oc2ccc(C(C)(C)CCC(C)(C)c3ccc(OC4CCN(S(C)(=O)=O)C4)cc3)cc2)C1. The molecule has 214 valence electrons. The summed E-state index contributed by atoms with van der Waals surface area (Å²) in [4.78, 5) is 13.4. The molecular weight excluding hydrogens is 512 g/mol. The predicted molar refractivity (Wildman–Crippen MR) is 155 cm³/mol. The average Bonchev–Trinajstić information content (AvgIpc) is 3.54. The highest BCUT2D eigenvalue weighted by Gasteiger charge is 2.31. The Bertz CT molecular complexity index is 1240. The third-order valence-corrected chi connectivity index (χ3v) is 9.69. The van der Waals surface area contributed by atoms with Gasteiger partial charge in [-0.2, -0.15) is 4.31 Å². The fourth-order valence-electron chi connectivity index (χ4n) is 5.47. The van der Waals surface area contributed by atoms with E-state index in [9.17, 15) is 13.2 Å². The summed E-state index contributed by atoms with van der Waals surface area (Å²) < 4.78 is 37.2. The molecule has 0 radical (unpaired) electrons. The number of carbonyl (C=O) groups excluding carboxylic acids is 1. The number of ether oxygens (including phenoxy) is 2. The van der Waals surface area contributed by atoms with E-state index in [1.807, 2.05) is 17.0 Å². The number of benzene rings is 2. The summed E-state index contributed by atoms with van der Waals surface area (Å²) >= 11 is 0. The van der Waals surface area contributed by atoms with Crippen molar-refractivity contribution in [2.75, 3.05) is 32.4 Å². The van der Waals surface area contributed by atoms with E-state index in [2.05, 4.69) is 64.1 Å². The molecular formula is C31H44N2O5S. The third kappa shape index (κ3) is 7.54. The number of hydrogen-bond donors (Lipinski definition) is 0. The normalized spacial score (nSPS) is 20.8. The van der Waals surface area contributed by atoms with Gasteiger partial charge in [0.1, 0.15) is 23.7 Å². The van der Waals surface area contributed by atoms with E-state index in [1.54, 1.807) is 6.92 Å². The first kappa shape index (κ1) is 29.4. The Morgan fingerprint density at radius 2 is 1.23 bits per heavy atom. The Kier molecular flexibility index (Phi) is 8.67. The van der Waals surface area contributed by atoms with Crippen LogP contribution in [0.4, 0.5) is 0 Å². The van der Waals surface area contributed by atoms with E-state index in [-0.39, 0.29) is 28.9 Å². The molecule has 0 saturated carbocycles. The molecule has 2 aliphatic heterocycles. The van der Waals surface area contributed by atoms with Crippen molar-refractivity contribution in [3.05, 3.63) is 59.7 Å². The highest BCUT2D eigenvalue weighted by Crippen LogP contribution is 2.37. The zero-order valence-corrected chi connectivity index (χ0v) is 25.1. The van der Waals surface area contributed by atoms with Gasteiger partial charge in [-0.25, -0.2) is 8.42 Å². The monoisotopic (exact) mass is 556 g/mol. The maximum Gasteiger partial charge on any atom is 0.219 e. The second-order valence-electron chi connectivity index (χ2n) is 12.5. The molecule has 39 heavy (non-hydrogen) atoms. The highest BCUT2D eigenvalue weighted by molar-refractivity contribution is 7.88. The van der Waals surface area contributed by atoms with E-state index >= 15 is 0 Å². The van der Waals surface area contributed by atoms with Crippen molar-refractivity contribution in [1.29, 1.82) is 0 Å². The molecule has 2 saturated heterocycles. The molecule has 0 spiro atoms. The lowest BCUT2D eigenvalue weighted by Crippen LogP contribution is -2.29. The van der Waals surface area contributed by atoms with Gasteiger partial charge in [0.15, 0.2) is 0 Å². The first-order valence-corrected chi connectivity index (χ1v) is 15.8. The van der Waals surface area contributed by atoms with Gasteiger partial charge in [0, 0.05) is 26.4 Å². The quantitative estimate of drug-likeness (QED) is 0.405. The van der Waals surface area contributed by atoms with Crippen molar-refractivity contribution in [1.82, 2.24) is 9.21 Å². The van der Waals surface area contributed by atoms with Crippen LogP contribution < -0.4 is 9.47 Å². The Labute approximate surface area is 234 Å². The largest absolute Gasteiger partial charge is 0.489 e. The van der Waals surface area contributed by atoms with Crippen LogP contribution in [0.2, 0.25) is 0 Å². The van der Waals surface area contributed by atoms with Gasteiger partial charge < -0.3 is 14.4 Å². The van der Waals surface area contributed by atoms with Crippen LogP contribution in [0.25, 0.3) is 0 Å². The van der Waals surface area contributed by atoms with Crippen molar-refractivity contribution in [3.63, 3.8) is 0 Å². The summed E-state index contributed by atoms with van der Waals surface area (Å²) in [6.07, 6.45) is 4.83. The highest BCUT2D eigenvalue weighted by atomic mass is 32.2. The average molecular weight is 557 g/mol. The summed E-state index contributed by atoms with van der Waals surface area (Å²) in [5.74, 6) is 1.75. The topological polar surface area (TPSA) is 76.2 Å². The minimum absolute atomic E-state index is 0.00556. The summed E-state index contributed by atoms with van der Waals surface area (Å²) in [5.41, 5.74) is 2.54. The fraction of sp³-hybridized carbons (Fsp3) is 0.581. The third-order valence-electron chi connectivity index (χ3n) is 8.42. The fourth-order valence-corrected chi connectivity index (χ4v) is 6.35. The lowest BCUT2D eigenvalue weighted by Gasteiger charge is -2.32. The minimum atomic E-state index is -3.17. The van der Waals surface area contributed by atoms with Gasteiger partial charge in [-0.15, -0.1) is 0 Å². The zero-order chi connectivity index (χ0) is 28.4. The Balaban J connectivity index is 1.30. The maximum absolute atomic E-state index is 11.8. The van der Waals surface area contributed by atoms with Crippen molar-refractivity contribution in [3.8, 4) is 11.5 Å². The Morgan fingerprint density at radius 1 is 0.795 bits per heavy atom. The van der Waals surface area contributed by atoms with Gasteiger partial charge in [0.25, 0.3) is 0 Å². The Hall–Kier alpha value is -2.58. The molecule has 4 rings (SSSR count). The zero-order valence-electron chi connectivity index (χ0n) is 24.3. The van der Waals surface area contributed by atoms with E-state index in [4.69, 9.17) is 9.47 Å². The van der Waals surface area contributed by atoms with E-state index in [1.165, 1.54) is 21.7 Å². The number of hydrogen-bond acceptors (Lipinski definition) is 5. The van der Waals surface area contributed by atoms with Crippen LogP contribution in [0, 0.1) is 0 Å². The molecule has 0 bridgehead atoms. The van der Waals surface area contributed by atoms with Crippen molar-refractivity contribution < 1.29 is 22.7 Å². The molecule has 2 heterocycles. The number of rotatable bonds is 10. The summed E-state index contributed by atoms with van der Waals surface area (Å²) in [5, 5.41) is 0.